The molecule has 3 rings (SSSR count). The zero-order chi connectivity index (χ0) is 11.8. The molecule has 0 aliphatic carbocycles. The maximum atomic E-state index is 9.29. The molecule has 0 amide bonds. The van der Waals surface area contributed by atoms with Crippen molar-refractivity contribution in [1.29, 1.82) is 0 Å². The first-order valence-corrected chi connectivity index (χ1v) is 5.85. The first-order valence-electron chi connectivity index (χ1n) is 5.85. The van der Waals surface area contributed by atoms with Crippen LogP contribution in [0.25, 0.3) is 10.8 Å². The topological polar surface area (TPSA) is 41.5 Å². The number of anilines is 1. The van der Waals surface area contributed by atoms with E-state index in [0.29, 0.717) is 0 Å². The SMILES string of the molecule is CC1Nc2ccc3ccccc3c2OC1CO. The van der Waals surface area contributed by atoms with Crippen molar-refractivity contribution in [2.24, 2.45) is 0 Å². The summed E-state index contributed by atoms with van der Waals surface area (Å²) in [7, 11) is 0. The zero-order valence-electron chi connectivity index (χ0n) is 9.68. The number of benzene rings is 2. The fourth-order valence-electron chi connectivity index (χ4n) is 2.27. The molecule has 3 heteroatoms. The Balaban J connectivity index is 2.16. The van der Waals surface area contributed by atoms with E-state index < -0.39 is 0 Å². The smallest absolute Gasteiger partial charge is 0.150 e. The lowest BCUT2D eigenvalue weighted by Crippen LogP contribution is -2.41. The summed E-state index contributed by atoms with van der Waals surface area (Å²) in [5.41, 5.74) is 1.00. The summed E-state index contributed by atoms with van der Waals surface area (Å²) >= 11 is 0. The molecule has 2 unspecified atom stereocenters. The molecule has 2 aromatic carbocycles. The first kappa shape index (κ1) is 10.4. The molecule has 1 aliphatic heterocycles. The summed E-state index contributed by atoms with van der Waals surface area (Å²) < 4.78 is 5.89. The predicted octanol–water partition coefficient (Wildman–Crippen LogP) is 2.39. The predicted molar refractivity (Wildman–Crippen MR) is 68.5 cm³/mol. The van der Waals surface area contributed by atoms with Crippen LogP contribution in [0.5, 0.6) is 5.75 Å². The van der Waals surface area contributed by atoms with Crippen LogP contribution in [0.3, 0.4) is 0 Å². The lowest BCUT2D eigenvalue weighted by molar-refractivity contribution is 0.0993. The maximum Gasteiger partial charge on any atom is 0.150 e. The molecule has 0 spiro atoms. The zero-order valence-corrected chi connectivity index (χ0v) is 9.68. The van der Waals surface area contributed by atoms with Gasteiger partial charge in [0.15, 0.2) is 5.75 Å². The Morgan fingerprint density at radius 2 is 2.06 bits per heavy atom. The summed E-state index contributed by atoms with van der Waals surface area (Å²) in [6.45, 7) is 2.04. The summed E-state index contributed by atoms with van der Waals surface area (Å²) in [5.74, 6) is 0.847. The third kappa shape index (κ3) is 1.63. The quantitative estimate of drug-likeness (QED) is 0.789. The number of hydrogen-bond donors (Lipinski definition) is 2. The van der Waals surface area contributed by atoms with Gasteiger partial charge in [-0.2, -0.15) is 0 Å². The molecule has 17 heavy (non-hydrogen) atoms. The lowest BCUT2D eigenvalue weighted by Gasteiger charge is -2.32. The van der Waals surface area contributed by atoms with Crippen LogP contribution in [-0.2, 0) is 0 Å². The molecule has 88 valence electrons. The van der Waals surface area contributed by atoms with Gasteiger partial charge in [-0.3, -0.25) is 0 Å². The van der Waals surface area contributed by atoms with Gasteiger partial charge >= 0.3 is 0 Å². The second kappa shape index (κ2) is 3.93. The summed E-state index contributed by atoms with van der Waals surface area (Å²) in [6.07, 6.45) is -0.187. The fraction of sp³-hybridized carbons (Fsp3) is 0.286. The van der Waals surface area contributed by atoms with E-state index in [4.69, 9.17) is 4.74 Å². The highest BCUT2D eigenvalue weighted by Gasteiger charge is 2.26. The van der Waals surface area contributed by atoms with Crippen LogP contribution in [-0.4, -0.2) is 23.9 Å². The molecule has 0 bridgehead atoms. The van der Waals surface area contributed by atoms with Gasteiger partial charge in [-0.15, -0.1) is 0 Å². The molecule has 0 aromatic heterocycles. The number of rotatable bonds is 1. The molecular formula is C14H15NO2. The van der Waals surface area contributed by atoms with Crippen molar-refractivity contribution in [3.63, 3.8) is 0 Å². The number of hydrogen-bond acceptors (Lipinski definition) is 3. The number of aliphatic hydroxyl groups excluding tert-OH is 1. The minimum absolute atomic E-state index is 0.0246. The van der Waals surface area contributed by atoms with E-state index in [9.17, 15) is 5.11 Å². The van der Waals surface area contributed by atoms with Gasteiger partial charge in [0.2, 0.25) is 0 Å². The number of fused-ring (bicyclic) bond motifs is 3. The summed E-state index contributed by atoms with van der Waals surface area (Å²) in [5, 5.41) is 14.9. The van der Waals surface area contributed by atoms with Gasteiger partial charge in [0, 0.05) is 5.39 Å². The fourth-order valence-corrected chi connectivity index (χ4v) is 2.27. The van der Waals surface area contributed by atoms with Crippen LogP contribution in [0.4, 0.5) is 5.69 Å². The van der Waals surface area contributed by atoms with Crippen LogP contribution in [0.2, 0.25) is 0 Å². The van der Waals surface area contributed by atoms with E-state index in [1.54, 1.807) is 0 Å². The van der Waals surface area contributed by atoms with Crippen molar-refractivity contribution in [1.82, 2.24) is 0 Å². The first-order chi connectivity index (χ1) is 8.29. The minimum atomic E-state index is -0.187. The third-order valence-electron chi connectivity index (χ3n) is 3.27. The van der Waals surface area contributed by atoms with Gasteiger partial charge < -0.3 is 15.2 Å². The summed E-state index contributed by atoms with van der Waals surface area (Å²) in [6, 6.07) is 12.3. The Morgan fingerprint density at radius 1 is 1.24 bits per heavy atom. The van der Waals surface area contributed by atoms with Gasteiger partial charge in [0.05, 0.1) is 18.3 Å². The van der Waals surface area contributed by atoms with Crippen LogP contribution < -0.4 is 10.1 Å². The van der Waals surface area contributed by atoms with Gasteiger partial charge in [0.25, 0.3) is 0 Å². The van der Waals surface area contributed by atoms with Gasteiger partial charge in [-0.25, -0.2) is 0 Å². The molecule has 1 aliphatic rings. The minimum Gasteiger partial charge on any atom is -0.483 e. The van der Waals surface area contributed by atoms with Gasteiger partial charge in [0.1, 0.15) is 6.10 Å². The van der Waals surface area contributed by atoms with Crippen LogP contribution >= 0.6 is 0 Å². The number of aliphatic hydroxyl groups is 1. The molecule has 0 saturated carbocycles. The Labute approximate surface area is 100 Å². The average Bonchev–Trinajstić information content (AvgIpc) is 2.37. The van der Waals surface area contributed by atoms with Gasteiger partial charge in [-0.1, -0.05) is 30.3 Å². The normalized spacial score (nSPS) is 22.7. The highest BCUT2D eigenvalue weighted by atomic mass is 16.5. The van der Waals surface area contributed by atoms with Crippen molar-refractivity contribution in [3.05, 3.63) is 36.4 Å². The average molecular weight is 229 g/mol. The molecule has 0 saturated heterocycles. The van der Waals surface area contributed by atoms with Crippen molar-refractivity contribution >= 4 is 16.5 Å². The lowest BCUT2D eigenvalue weighted by atomic mass is 10.0. The largest absolute Gasteiger partial charge is 0.483 e. The molecule has 0 radical (unpaired) electrons. The van der Waals surface area contributed by atoms with Crippen LogP contribution in [0, 0.1) is 0 Å². The van der Waals surface area contributed by atoms with E-state index in [1.807, 2.05) is 31.2 Å². The highest BCUT2D eigenvalue weighted by Crippen LogP contribution is 2.38. The highest BCUT2D eigenvalue weighted by molar-refractivity contribution is 5.93. The van der Waals surface area contributed by atoms with Crippen molar-refractivity contribution in [3.8, 4) is 5.75 Å². The van der Waals surface area contributed by atoms with E-state index in [2.05, 4.69) is 17.4 Å². The Morgan fingerprint density at radius 3 is 2.88 bits per heavy atom. The number of ether oxygens (including phenoxy) is 1. The molecule has 2 atom stereocenters. The van der Waals surface area contributed by atoms with E-state index in [0.717, 1.165) is 22.2 Å². The second-order valence-corrected chi connectivity index (χ2v) is 4.44. The van der Waals surface area contributed by atoms with E-state index in [-0.39, 0.29) is 18.8 Å². The van der Waals surface area contributed by atoms with Crippen LogP contribution in [0.1, 0.15) is 6.92 Å². The third-order valence-corrected chi connectivity index (χ3v) is 3.27. The second-order valence-electron chi connectivity index (χ2n) is 4.44. The Hall–Kier alpha value is -1.74. The molecule has 2 N–H and O–H groups in total. The Bertz CT molecular complexity index is 553. The molecule has 1 heterocycles. The molecule has 2 aromatic rings. The standard InChI is InChI=1S/C14H15NO2/c1-9-13(8-16)17-14-11-5-3-2-4-10(11)6-7-12(14)15-9/h2-7,9,13,15-16H,8H2,1H3. The van der Waals surface area contributed by atoms with E-state index >= 15 is 0 Å². The monoisotopic (exact) mass is 229 g/mol. The maximum absolute atomic E-state index is 9.29. The molecule has 0 fully saturated rings. The van der Waals surface area contributed by atoms with Crippen molar-refractivity contribution < 1.29 is 9.84 Å². The van der Waals surface area contributed by atoms with Gasteiger partial charge in [-0.05, 0) is 18.4 Å². The summed E-state index contributed by atoms with van der Waals surface area (Å²) in [4.78, 5) is 0. The van der Waals surface area contributed by atoms with E-state index in [1.165, 1.54) is 0 Å². The molecule has 3 nitrogen and oxygen atoms in total. The Kier molecular flexibility index (Phi) is 2.41. The number of nitrogens with one attached hydrogen (secondary N) is 1. The van der Waals surface area contributed by atoms with Crippen molar-refractivity contribution in [2.75, 3.05) is 11.9 Å². The van der Waals surface area contributed by atoms with Crippen molar-refractivity contribution in [2.45, 2.75) is 19.1 Å². The molecular weight excluding hydrogens is 214 g/mol. The van der Waals surface area contributed by atoms with Crippen LogP contribution in [0.15, 0.2) is 36.4 Å².